The molecule has 1 N–H and O–H groups in total. The highest BCUT2D eigenvalue weighted by Gasteiger charge is 2.40. The van der Waals surface area contributed by atoms with Crippen LogP contribution in [0.5, 0.6) is 0 Å². The van der Waals surface area contributed by atoms with E-state index in [2.05, 4.69) is 15.4 Å². The van der Waals surface area contributed by atoms with Crippen molar-refractivity contribution in [3.05, 3.63) is 17.0 Å². The van der Waals surface area contributed by atoms with Crippen LogP contribution in [0.2, 0.25) is 0 Å². The zero-order valence-corrected chi connectivity index (χ0v) is 11.6. The van der Waals surface area contributed by atoms with Gasteiger partial charge in [-0.1, -0.05) is 12.1 Å². The lowest BCUT2D eigenvalue weighted by Crippen LogP contribution is -2.42. The Morgan fingerprint density at radius 3 is 3.00 bits per heavy atom. The Labute approximate surface area is 113 Å². The van der Waals surface area contributed by atoms with Gasteiger partial charge in [0.1, 0.15) is 11.3 Å². The Morgan fingerprint density at radius 1 is 1.42 bits per heavy atom. The van der Waals surface area contributed by atoms with Crippen LogP contribution in [0, 0.1) is 6.92 Å². The van der Waals surface area contributed by atoms with Crippen molar-refractivity contribution in [2.45, 2.75) is 51.6 Å². The maximum absolute atomic E-state index is 12.9. The Hall–Kier alpha value is -1.36. The molecule has 1 amide bonds. The van der Waals surface area contributed by atoms with Crippen LogP contribution in [0.15, 0.2) is 4.52 Å². The van der Waals surface area contributed by atoms with Gasteiger partial charge in [0.2, 0.25) is 0 Å². The molecule has 0 aliphatic carbocycles. The largest absolute Gasteiger partial charge is 0.361 e. The third-order valence-corrected chi connectivity index (χ3v) is 4.37. The van der Waals surface area contributed by atoms with E-state index in [1.165, 1.54) is 0 Å². The van der Waals surface area contributed by atoms with Gasteiger partial charge in [-0.25, -0.2) is 0 Å². The number of nitrogens with zero attached hydrogens (tertiary/aromatic N) is 2. The molecule has 1 aromatic rings. The van der Waals surface area contributed by atoms with Crippen molar-refractivity contribution in [1.82, 2.24) is 15.4 Å². The molecule has 1 aromatic heterocycles. The van der Waals surface area contributed by atoms with Crippen LogP contribution in [0.3, 0.4) is 0 Å². The first-order chi connectivity index (χ1) is 9.22. The molecular formula is C14H21N3O2. The van der Waals surface area contributed by atoms with Gasteiger partial charge in [-0.15, -0.1) is 0 Å². The normalized spacial score (nSPS) is 26.5. The van der Waals surface area contributed by atoms with Crippen molar-refractivity contribution in [2.24, 2.45) is 0 Å². The molecule has 5 heteroatoms. The summed E-state index contributed by atoms with van der Waals surface area (Å²) < 4.78 is 5.21. The van der Waals surface area contributed by atoms with Crippen molar-refractivity contribution in [1.29, 1.82) is 0 Å². The molecule has 5 nitrogen and oxygen atoms in total. The molecule has 3 heterocycles. The highest BCUT2D eigenvalue weighted by molar-refractivity contribution is 5.96. The quantitative estimate of drug-likeness (QED) is 0.878. The molecule has 2 saturated heterocycles. The Morgan fingerprint density at radius 2 is 2.21 bits per heavy atom. The summed E-state index contributed by atoms with van der Waals surface area (Å²) in [6.07, 6.45) is 4.02. The van der Waals surface area contributed by atoms with E-state index in [1.54, 1.807) is 0 Å². The lowest BCUT2D eigenvalue weighted by Gasteiger charge is -2.27. The molecule has 2 aliphatic rings. The number of carbonyl (C=O) groups is 1. The summed E-state index contributed by atoms with van der Waals surface area (Å²) in [7, 11) is 0. The predicted octanol–water partition coefficient (Wildman–Crippen LogP) is 1.51. The van der Waals surface area contributed by atoms with E-state index in [4.69, 9.17) is 4.52 Å². The number of nitrogens with one attached hydrogen (secondary N) is 1. The summed E-state index contributed by atoms with van der Waals surface area (Å²) >= 11 is 0. The van der Waals surface area contributed by atoms with Crippen LogP contribution in [0.4, 0.5) is 0 Å². The number of rotatable bonds is 2. The van der Waals surface area contributed by atoms with E-state index >= 15 is 0 Å². The van der Waals surface area contributed by atoms with Gasteiger partial charge in [0.25, 0.3) is 5.91 Å². The number of carbonyl (C=O) groups excluding carboxylic acids is 1. The van der Waals surface area contributed by atoms with Gasteiger partial charge in [-0.05, 0) is 39.2 Å². The zero-order chi connectivity index (χ0) is 13.4. The average Bonchev–Trinajstić information content (AvgIpc) is 2.88. The monoisotopic (exact) mass is 263 g/mol. The number of aromatic nitrogens is 1. The number of aryl methyl sites for hydroxylation is 2. The molecule has 2 bridgehead atoms. The fourth-order valence-electron chi connectivity index (χ4n) is 3.38. The number of hydrogen-bond donors (Lipinski definition) is 1. The first-order valence-corrected chi connectivity index (χ1v) is 7.21. The van der Waals surface area contributed by atoms with Crippen LogP contribution in [-0.4, -0.2) is 41.1 Å². The molecule has 0 radical (unpaired) electrons. The standard InChI is InChI=1S/C14H21N3O2/c1-3-12-13(9(2)19-16-12)14(18)17-10-4-5-11(17)8-15-7-6-10/h10-11,15H,3-8H2,1-2H3/t10-,11+/m1/s1. The molecule has 2 aliphatic heterocycles. The fourth-order valence-corrected chi connectivity index (χ4v) is 3.38. The minimum atomic E-state index is 0.117. The van der Waals surface area contributed by atoms with Crippen LogP contribution in [-0.2, 0) is 6.42 Å². The van der Waals surface area contributed by atoms with Crippen molar-refractivity contribution >= 4 is 5.91 Å². The minimum absolute atomic E-state index is 0.117. The average molecular weight is 263 g/mol. The number of amides is 1. The van der Waals surface area contributed by atoms with E-state index in [-0.39, 0.29) is 5.91 Å². The first kappa shape index (κ1) is 12.7. The third kappa shape index (κ3) is 2.06. The second kappa shape index (κ2) is 4.96. The molecular weight excluding hydrogens is 242 g/mol. The first-order valence-electron chi connectivity index (χ1n) is 7.21. The lowest BCUT2D eigenvalue weighted by molar-refractivity contribution is 0.0677. The van der Waals surface area contributed by atoms with Crippen molar-refractivity contribution in [3.63, 3.8) is 0 Å². The Kier molecular flexibility index (Phi) is 3.31. The van der Waals surface area contributed by atoms with Gasteiger partial charge in [0.15, 0.2) is 0 Å². The smallest absolute Gasteiger partial charge is 0.259 e. The maximum Gasteiger partial charge on any atom is 0.259 e. The predicted molar refractivity (Wildman–Crippen MR) is 71.1 cm³/mol. The topological polar surface area (TPSA) is 58.4 Å². The summed E-state index contributed by atoms with van der Waals surface area (Å²) in [5.41, 5.74) is 1.49. The van der Waals surface area contributed by atoms with E-state index in [9.17, 15) is 4.79 Å². The Balaban J connectivity index is 1.93. The van der Waals surface area contributed by atoms with Crippen molar-refractivity contribution < 1.29 is 9.32 Å². The van der Waals surface area contributed by atoms with E-state index in [0.29, 0.717) is 23.4 Å². The second-order valence-corrected chi connectivity index (χ2v) is 5.50. The Bertz CT molecular complexity index is 469. The zero-order valence-electron chi connectivity index (χ0n) is 11.6. The molecule has 2 fully saturated rings. The summed E-state index contributed by atoms with van der Waals surface area (Å²) in [5, 5.41) is 7.42. The molecule has 2 atom stereocenters. The van der Waals surface area contributed by atoms with E-state index in [0.717, 1.165) is 44.5 Å². The molecule has 104 valence electrons. The highest BCUT2D eigenvalue weighted by Crippen LogP contribution is 2.31. The summed E-state index contributed by atoms with van der Waals surface area (Å²) in [6, 6.07) is 0.713. The summed E-state index contributed by atoms with van der Waals surface area (Å²) in [6.45, 7) is 5.76. The van der Waals surface area contributed by atoms with Crippen LogP contribution in [0.25, 0.3) is 0 Å². The van der Waals surface area contributed by atoms with E-state index in [1.807, 2.05) is 13.8 Å². The minimum Gasteiger partial charge on any atom is -0.361 e. The SMILES string of the molecule is CCc1noc(C)c1C(=O)N1[C@H]2CCNC[C@@H]1CC2. The molecule has 3 rings (SSSR count). The summed E-state index contributed by atoms with van der Waals surface area (Å²) in [5.74, 6) is 0.769. The third-order valence-electron chi connectivity index (χ3n) is 4.37. The molecule has 0 unspecified atom stereocenters. The molecule has 0 saturated carbocycles. The van der Waals surface area contributed by atoms with Gasteiger partial charge in [0.05, 0.1) is 5.69 Å². The van der Waals surface area contributed by atoms with Gasteiger partial charge < -0.3 is 14.7 Å². The lowest BCUT2D eigenvalue weighted by atomic mass is 10.1. The molecule has 0 spiro atoms. The van der Waals surface area contributed by atoms with Crippen LogP contribution >= 0.6 is 0 Å². The number of hydrogen-bond acceptors (Lipinski definition) is 4. The maximum atomic E-state index is 12.9. The van der Waals surface area contributed by atoms with Gasteiger partial charge >= 0.3 is 0 Å². The van der Waals surface area contributed by atoms with E-state index < -0.39 is 0 Å². The van der Waals surface area contributed by atoms with Gasteiger partial charge in [-0.2, -0.15) is 0 Å². The second-order valence-electron chi connectivity index (χ2n) is 5.50. The van der Waals surface area contributed by atoms with Gasteiger partial charge in [-0.3, -0.25) is 4.79 Å². The van der Waals surface area contributed by atoms with Gasteiger partial charge in [0, 0.05) is 18.6 Å². The summed E-state index contributed by atoms with van der Waals surface area (Å²) in [4.78, 5) is 15.0. The molecule has 0 aromatic carbocycles. The van der Waals surface area contributed by atoms with Crippen LogP contribution < -0.4 is 5.32 Å². The van der Waals surface area contributed by atoms with Crippen molar-refractivity contribution in [3.8, 4) is 0 Å². The highest BCUT2D eigenvalue weighted by atomic mass is 16.5. The van der Waals surface area contributed by atoms with Crippen molar-refractivity contribution in [2.75, 3.05) is 13.1 Å². The van der Waals surface area contributed by atoms with Crippen LogP contribution in [0.1, 0.15) is 48.0 Å². The molecule has 19 heavy (non-hydrogen) atoms. The number of fused-ring (bicyclic) bond motifs is 2. The fraction of sp³-hybridized carbons (Fsp3) is 0.714.